The summed E-state index contributed by atoms with van der Waals surface area (Å²) in [6.45, 7) is 0.130. The number of amides is 2. The summed E-state index contributed by atoms with van der Waals surface area (Å²) in [4.78, 5) is 32.3. The maximum atomic E-state index is 13.5. The largest absolute Gasteiger partial charge is 0.768 e. The van der Waals surface area contributed by atoms with E-state index in [1.54, 1.807) is 48.8 Å². The standard InChI is InChI=1S/C22H18ClN3O4S/c23-16-5-8-18-19(11-16)25-21(27)20(10-15-2-1-9-24-12-15)26(22(18)28)13-14-3-6-17(7-4-14)31(29)30/h1-9,11-12,20H,10,13H2,(H,25,27)(H,29,30)/p-1/t20-/m1/s1. The maximum absolute atomic E-state index is 13.5. The number of carbonyl (C=O) groups is 2. The lowest BCUT2D eigenvalue weighted by molar-refractivity contribution is -0.120. The Labute approximate surface area is 186 Å². The summed E-state index contributed by atoms with van der Waals surface area (Å²) in [6.07, 6.45) is 3.57. The third-order valence-corrected chi connectivity index (χ3v) is 5.92. The van der Waals surface area contributed by atoms with Crippen LogP contribution in [-0.4, -0.2) is 36.5 Å². The number of anilines is 1. The zero-order valence-electron chi connectivity index (χ0n) is 16.2. The first kappa shape index (κ1) is 21.2. The fourth-order valence-corrected chi connectivity index (χ4v) is 4.02. The molecule has 1 unspecified atom stereocenters. The molecule has 2 heterocycles. The Balaban J connectivity index is 1.73. The highest BCUT2D eigenvalue weighted by atomic mass is 35.5. The number of fused-ring (bicyclic) bond motifs is 1. The summed E-state index contributed by atoms with van der Waals surface area (Å²) < 4.78 is 22.3. The summed E-state index contributed by atoms with van der Waals surface area (Å²) in [6, 6.07) is 13.7. The van der Waals surface area contributed by atoms with E-state index in [-0.39, 0.29) is 29.7 Å². The molecule has 1 N–H and O–H groups in total. The molecule has 0 fully saturated rings. The predicted octanol–water partition coefficient (Wildman–Crippen LogP) is 3.18. The van der Waals surface area contributed by atoms with Crippen LogP contribution in [0.1, 0.15) is 21.5 Å². The molecular formula is C22H17ClN3O4S-. The molecule has 4 rings (SSSR count). The Hall–Kier alpha value is -3.07. The number of carbonyl (C=O) groups excluding carboxylic acids is 2. The average molecular weight is 455 g/mol. The van der Waals surface area contributed by atoms with Gasteiger partial charge in [-0.1, -0.05) is 29.8 Å². The molecule has 31 heavy (non-hydrogen) atoms. The van der Waals surface area contributed by atoms with Crippen LogP contribution in [0.15, 0.2) is 71.9 Å². The van der Waals surface area contributed by atoms with Gasteiger partial charge in [0, 0.05) is 35.3 Å². The molecule has 0 saturated carbocycles. The summed E-state index contributed by atoms with van der Waals surface area (Å²) in [5, 5.41) is 3.22. The Morgan fingerprint density at radius 3 is 2.55 bits per heavy atom. The van der Waals surface area contributed by atoms with Crippen LogP contribution < -0.4 is 5.32 Å². The van der Waals surface area contributed by atoms with E-state index in [1.807, 2.05) is 6.07 Å². The molecule has 158 valence electrons. The molecule has 2 atom stereocenters. The molecule has 0 spiro atoms. The Bertz CT molecular complexity index is 1160. The first-order valence-corrected chi connectivity index (χ1v) is 10.9. The second kappa shape index (κ2) is 8.97. The van der Waals surface area contributed by atoms with Gasteiger partial charge in [0.15, 0.2) is 0 Å². The highest BCUT2D eigenvalue weighted by molar-refractivity contribution is 7.79. The normalized spacial score (nSPS) is 17.0. The minimum Gasteiger partial charge on any atom is -0.768 e. The van der Waals surface area contributed by atoms with Gasteiger partial charge in [-0.25, -0.2) is 0 Å². The number of nitrogens with one attached hydrogen (secondary N) is 1. The minimum atomic E-state index is -2.34. The van der Waals surface area contributed by atoms with Gasteiger partial charge in [-0.3, -0.25) is 18.8 Å². The minimum absolute atomic E-state index is 0.130. The number of hydrogen-bond acceptors (Lipinski definition) is 5. The highest BCUT2D eigenvalue weighted by Crippen LogP contribution is 2.28. The number of aromatic nitrogens is 1. The van der Waals surface area contributed by atoms with Crippen LogP contribution in [0, 0.1) is 0 Å². The van der Waals surface area contributed by atoms with E-state index in [4.69, 9.17) is 11.6 Å². The van der Waals surface area contributed by atoms with Gasteiger partial charge in [0.25, 0.3) is 5.91 Å². The van der Waals surface area contributed by atoms with Crippen molar-refractivity contribution in [3.8, 4) is 0 Å². The topological polar surface area (TPSA) is 102 Å². The van der Waals surface area contributed by atoms with Crippen molar-refractivity contribution >= 4 is 40.2 Å². The van der Waals surface area contributed by atoms with Gasteiger partial charge in [0.2, 0.25) is 5.91 Å². The van der Waals surface area contributed by atoms with Crippen molar-refractivity contribution in [2.24, 2.45) is 0 Å². The Morgan fingerprint density at radius 1 is 1.10 bits per heavy atom. The van der Waals surface area contributed by atoms with Crippen molar-refractivity contribution in [3.63, 3.8) is 0 Å². The van der Waals surface area contributed by atoms with Crippen LogP contribution >= 0.6 is 11.6 Å². The molecule has 9 heteroatoms. The van der Waals surface area contributed by atoms with Crippen LogP contribution in [0.3, 0.4) is 0 Å². The van der Waals surface area contributed by atoms with Gasteiger partial charge in [-0.2, -0.15) is 0 Å². The SMILES string of the molecule is O=C1Nc2cc(Cl)ccc2C(=O)N(Cc2ccc(S(=O)[O-])cc2)[C@@H]1Cc1cccnc1. The lowest BCUT2D eigenvalue weighted by Gasteiger charge is -2.29. The lowest BCUT2D eigenvalue weighted by atomic mass is 10.0. The molecule has 1 aliphatic heterocycles. The maximum Gasteiger partial charge on any atom is 0.256 e. The van der Waals surface area contributed by atoms with Gasteiger partial charge >= 0.3 is 0 Å². The number of hydrogen-bond donors (Lipinski definition) is 1. The van der Waals surface area contributed by atoms with Crippen molar-refractivity contribution in [2.45, 2.75) is 23.9 Å². The van der Waals surface area contributed by atoms with Crippen molar-refractivity contribution in [2.75, 3.05) is 5.32 Å². The third kappa shape index (κ3) is 4.66. The first-order valence-electron chi connectivity index (χ1n) is 9.41. The van der Waals surface area contributed by atoms with Crippen LogP contribution in [-0.2, 0) is 28.8 Å². The number of pyridine rings is 1. The van der Waals surface area contributed by atoms with E-state index in [2.05, 4.69) is 10.3 Å². The predicted molar refractivity (Wildman–Crippen MR) is 115 cm³/mol. The number of rotatable bonds is 5. The second-order valence-electron chi connectivity index (χ2n) is 7.07. The summed E-state index contributed by atoms with van der Waals surface area (Å²) in [5.74, 6) is -0.661. The van der Waals surface area contributed by atoms with Crippen LogP contribution in [0.2, 0.25) is 5.02 Å². The third-order valence-electron chi connectivity index (χ3n) is 5.03. The van der Waals surface area contributed by atoms with Crippen LogP contribution in [0.5, 0.6) is 0 Å². The average Bonchev–Trinajstić information content (AvgIpc) is 2.85. The molecule has 3 aromatic rings. The van der Waals surface area contributed by atoms with Crippen molar-refractivity contribution < 1.29 is 18.4 Å². The van der Waals surface area contributed by atoms with E-state index in [1.165, 1.54) is 17.0 Å². The molecule has 7 nitrogen and oxygen atoms in total. The van der Waals surface area contributed by atoms with E-state index in [0.717, 1.165) is 5.56 Å². The van der Waals surface area contributed by atoms with Crippen molar-refractivity contribution in [1.29, 1.82) is 0 Å². The van der Waals surface area contributed by atoms with Gasteiger partial charge in [-0.15, -0.1) is 0 Å². The zero-order chi connectivity index (χ0) is 22.0. The molecule has 0 radical (unpaired) electrons. The van der Waals surface area contributed by atoms with Crippen LogP contribution in [0.4, 0.5) is 5.69 Å². The second-order valence-corrected chi connectivity index (χ2v) is 8.45. The zero-order valence-corrected chi connectivity index (χ0v) is 17.7. The van der Waals surface area contributed by atoms with E-state index in [0.29, 0.717) is 21.8 Å². The molecule has 1 aliphatic rings. The molecule has 0 bridgehead atoms. The van der Waals surface area contributed by atoms with Crippen molar-refractivity contribution in [3.05, 3.63) is 88.7 Å². The lowest BCUT2D eigenvalue weighted by Crippen LogP contribution is -2.46. The highest BCUT2D eigenvalue weighted by Gasteiger charge is 2.35. The molecule has 2 aromatic carbocycles. The molecule has 0 aliphatic carbocycles. The Kier molecular flexibility index (Phi) is 6.13. The van der Waals surface area contributed by atoms with E-state index < -0.39 is 17.1 Å². The van der Waals surface area contributed by atoms with Gasteiger partial charge in [0.05, 0.1) is 11.3 Å². The summed E-state index contributed by atoms with van der Waals surface area (Å²) >= 11 is 3.72. The molecule has 2 amide bonds. The number of halogens is 1. The van der Waals surface area contributed by atoms with Gasteiger partial charge < -0.3 is 14.8 Å². The van der Waals surface area contributed by atoms with E-state index in [9.17, 15) is 18.4 Å². The molecular weight excluding hydrogens is 438 g/mol. The van der Waals surface area contributed by atoms with Gasteiger partial charge in [0.1, 0.15) is 6.04 Å². The molecule has 0 saturated heterocycles. The Morgan fingerprint density at radius 2 is 1.87 bits per heavy atom. The fourth-order valence-electron chi connectivity index (χ4n) is 3.49. The van der Waals surface area contributed by atoms with Crippen molar-refractivity contribution in [1.82, 2.24) is 9.88 Å². The van der Waals surface area contributed by atoms with Crippen LogP contribution in [0.25, 0.3) is 0 Å². The number of benzene rings is 2. The summed E-state index contributed by atoms with van der Waals surface area (Å²) in [5.41, 5.74) is 2.20. The summed E-state index contributed by atoms with van der Waals surface area (Å²) in [7, 11) is 0. The van der Waals surface area contributed by atoms with E-state index >= 15 is 0 Å². The fraction of sp³-hybridized carbons (Fsp3) is 0.136. The smallest absolute Gasteiger partial charge is 0.256 e. The van der Waals surface area contributed by atoms with Gasteiger partial charge in [-0.05, 0) is 58.6 Å². The first-order chi connectivity index (χ1) is 14.9. The monoisotopic (exact) mass is 454 g/mol. The number of nitrogens with zero attached hydrogens (tertiary/aromatic N) is 2. The quantitative estimate of drug-likeness (QED) is 0.596. The molecule has 1 aromatic heterocycles.